The van der Waals surface area contributed by atoms with Gasteiger partial charge in [-0.05, 0) is 12.1 Å². The summed E-state index contributed by atoms with van der Waals surface area (Å²) >= 11 is 13.7. The fourth-order valence-corrected chi connectivity index (χ4v) is 2.24. The number of carbonyl (C=O) groups is 2. The molecule has 0 radical (unpaired) electrons. The van der Waals surface area contributed by atoms with E-state index in [1.165, 1.54) is 7.11 Å². The standard InChI is InChI=1S/C11H10Cl2INO3/c1-18-11(17)8(14)5-15-10(16)9-6(12)3-2-4-7(9)13/h2-4,8H,5H2,1H3,(H,15,16). The minimum absolute atomic E-state index is 0.146. The molecule has 0 heterocycles. The number of methoxy groups -OCH3 is 1. The molecule has 1 N–H and O–H groups in total. The second kappa shape index (κ2) is 7.16. The Kier molecular flexibility index (Phi) is 6.17. The number of hydrogen-bond acceptors (Lipinski definition) is 3. The van der Waals surface area contributed by atoms with Gasteiger partial charge >= 0.3 is 5.97 Å². The summed E-state index contributed by atoms with van der Waals surface area (Å²) < 4.78 is 4.09. The molecule has 1 atom stereocenters. The van der Waals surface area contributed by atoms with E-state index in [2.05, 4.69) is 10.1 Å². The zero-order chi connectivity index (χ0) is 13.7. The van der Waals surface area contributed by atoms with Crippen molar-refractivity contribution < 1.29 is 14.3 Å². The van der Waals surface area contributed by atoms with Crippen LogP contribution in [0.2, 0.25) is 10.0 Å². The number of amides is 1. The molecular formula is C11H10Cl2INO3. The van der Waals surface area contributed by atoms with Gasteiger partial charge in [0.2, 0.25) is 0 Å². The average Bonchev–Trinajstić information content (AvgIpc) is 2.34. The SMILES string of the molecule is COC(=O)C(I)CNC(=O)c1c(Cl)cccc1Cl. The molecule has 0 bridgehead atoms. The van der Waals surface area contributed by atoms with Crippen LogP contribution in [0.4, 0.5) is 0 Å². The zero-order valence-corrected chi connectivity index (χ0v) is 13.0. The molecule has 98 valence electrons. The van der Waals surface area contributed by atoms with Crippen molar-refractivity contribution in [2.75, 3.05) is 13.7 Å². The molecule has 1 amide bonds. The van der Waals surface area contributed by atoms with Gasteiger partial charge in [0.15, 0.2) is 0 Å². The Labute approximate surface area is 128 Å². The van der Waals surface area contributed by atoms with Gasteiger partial charge in [-0.3, -0.25) is 9.59 Å². The number of hydrogen-bond donors (Lipinski definition) is 1. The van der Waals surface area contributed by atoms with Crippen molar-refractivity contribution in [2.45, 2.75) is 3.92 Å². The Morgan fingerprint density at radius 1 is 1.39 bits per heavy atom. The first-order valence-electron chi connectivity index (χ1n) is 4.91. The van der Waals surface area contributed by atoms with Gasteiger partial charge in [0, 0.05) is 6.54 Å². The first kappa shape index (κ1) is 15.5. The zero-order valence-electron chi connectivity index (χ0n) is 9.38. The maximum absolute atomic E-state index is 11.9. The van der Waals surface area contributed by atoms with Gasteiger partial charge in [0.05, 0.1) is 22.7 Å². The summed E-state index contributed by atoms with van der Waals surface area (Å²) in [5, 5.41) is 3.11. The van der Waals surface area contributed by atoms with Crippen LogP contribution in [0.5, 0.6) is 0 Å². The number of alkyl halides is 1. The Hall–Kier alpha value is -0.530. The molecule has 1 unspecified atom stereocenters. The molecule has 4 nitrogen and oxygen atoms in total. The molecule has 1 aromatic carbocycles. The molecule has 1 rings (SSSR count). The number of nitrogens with one attached hydrogen (secondary N) is 1. The predicted molar refractivity (Wildman–Crippen MR) is 78.6 cm³/mol. The largest absolute Gasteiger partial charge is 0.468 e. The van der Waals surface area contributed by atoms with Crippen molar-refractivity contribution in [1.29, 1.82) is 0 Å². The van der Waals surface area contributed by atoms with E-state index in [9.17, 15) is 9.59 Å². The van der Waals surface area contributed by atoms with E-state index in [-0.39, 0.29) is 22.2 Å². The van der Waals surface area contributed by atoms with Gasteiger partial charge in [-0.25, -0.2) is 0 Å². The maximum atomic E-state index is 11.9. The van der Waals surface area contributed by atoms with E-state index in [0.717, 1.165) is 0 Å². The fraction of sp³-hybridized carbons (Fsp3) is 0.273. The molecule has 0 aromatic heterocycles. The highest BCUT2D eigenvalue weighted by Gasteiger charge is 2.19. The van der Waals surface area contributed by atoms with Gasteiger partial charge in [-0.15, -0.1) is 0 Å². The van der Waals surface area contributed by atoms with Gasteiger partial charge < -0.3 is 10.1 Å². The average molecular weight is 402 g/mol. The Morgan fingerprint density at radius 3 is 2.44 bits per heavy atom. The molecule has 18 heavy (non-hydrogen) atoms. The first-order chi connectivity index (χ1) is 8.47. The van der Waals surface area contributed by atoms with Crippen LogP contribution in [0.25, 0.3) is 0 Å². The van der Waals surface area contributed by atoms with Crippen molar-refractivity contribution in [3.8, 4) is 0 Å². The third kappa shape index (κ3) is 4.00. The van der Waals surface area contributed by atoms with Crippen LogP contribution >= 0.6 is 45.8 Å². The summed E-state index contributed by atoms with van der Waals surface area (Å²) in [4.78, 5) is 23.0. The third-order valence-corrected chi connectivity index (χ3v) is 3.67. The number of esters is 1. The lowest BCUT2D eigenvalue weighted by molar-refractivity contribution is -0.139. The first-order valence-corrected chi connectivity index (χ1v) is 6.91. The summed E-state index contributed by atoms with van der Waals surface area (Å²) in [5.74, 6) is -0.822. The Bertz CT molecular complexity index is 447. The summed E-state index contributed by atoms with van der Waals surface area (Å²) in [6, 6.07) is 4.80. The molecule has 0 saturated carbocycles. The number of benzene rings is 1. The molecule has 0 spiro atoms. The molecule has 0 saturated heterocycles. The lowest BCUT2D eigenvalue weighted by Crippen LogP contribution is -2.34. The molecule has 0 aliphatic heterocycles. The van der Waals surface area contributed by atoms with Gasteiger partial charge in [-0.1, -0.05) is 51.9 Å². The van der Waals surface area contributed by atoms with Crippen LogP contribution in [0.15, 0.2) is 18.2 Å². The lowest BCUT2D eigenvalue weighted by Gasteiger charge is -2.11. The quantitative estimate of drug-likeness (QED) is 0.479. The molecule has 0 aliphatic rings. The second-order valence-corrected chi connectivity index (χ2v) is 5.62. The number of rotatable bonds is 4. The van der Waals surface area contributed by atoms with Crippen LogP contribution < -0.4 is 5.32 Å². The number of ether oxygens (including phenoxy) is 1. The van der Waals surface area contributed by atoms with E-state index in [4.69, 9.17) is 23.2 Å². The van der Waals surface area contributed by atoms with Crippen molar-refractivity contribution in [3.05, 3.63) is 33.8 Å². The van der Waals surface area contributed by atoms with E-state index in [1.54, 1.807) is 18.2 Å². The van der Waals surface area contributed by atoms with Crippen LogP contribution in [0.3, 0.4) is 0 Å². The highest BCUT2D eigenvalue weighted by molar-refractivity contribution is 14.1. The minimum Gasteiger partial charge on any atom is -0.468 e. The molecule has 1 aromatic rings. The van der Waals surface area contributed by atoms with E-state index in [1.807, 2.05) is 22.6 Å². The monoisotopic (exact) mass is 401 g/mol. The smallest absolute Gasteiger partial charge is 0.320 e. The Balaban J connectivity index is 2.69. The van der Waals surface area contributed by atoms with Gasteiger partial charge in [0.25, 0.3) is 5.91 Å². The molecule has 0 aliphatic carbocycles. The summed E-state index contributed by atoms with van der Waals surface area (Å²) in [7, 11) is 1.29. The second-order valence-electron chi connectivity index (χ2n) is 3.30. The van der Waals surface area contributed by atoms with Crippen molar-refractivity contribution in [1.82, 2.24) is 5.32 Å². The van der Waals surface area contributed by atoms with E-state index in [0.29, 0.717) is 0 Å². The highest BCUT2D eigenvalue weighted by Crippen LogP contribution is 2.23. The highest BCUT2D eigenvalue weighted by atomic mass is 127. The van der Waals surface area contributed by atoms with Crippen molar-refractivity contribution >= 4 is 57.7 Å². The van der Waals surface area contributed by atoms with Gasteiger partial charge in [-0.2, -0.15) is 0 Å². The Morgan fingerprint density at radius 2 is 1.94 bits per heavy atom. The molecular weight excluding hydrogens is 392 g/mol. The van der Waals surface area contributed by atoms with Crippen LogP contribution in [0, 0.1) is 0 Å². The van der Waals surface area contributed by atoms with Crippen LogP contribution in [0.1, 0.15) is 10.4 Å². The normalized spacial score (nSPS) is 11.8. The van der Waals surface area contributed by atoms with Crippen LogP contribution in [-0.2, 0) is 9.53 Å². The van der Waals surface area contributed by atoms with Crippen molar-refractivity contribution in [3.63, 3.8) is 0 Å². The molecule has 0 fully saturated rings. The summed E-state index contributed by atoms with van der Waals surface area (Å²) in [5.41, 5.74) is 0.203. The summed E-state index contributed by atoms with van der Waals surface area (Å²) in [6.07, 6.45) is 0. The number of carbonyl (C=O) groups excluding carboxylic acids is 2. The fourth-order valence-electron chi connectivity index (χ4n) is 1.20. The maximum Gasteiger partial charge on any atom is 0.320 e. The topological polar surface area (TPSA) is 55.4 Å². The molecule has 7 heteroatoms. The minimum atomic E-state index is -0.460. The van der Waals surface area contributed by atoms with E-state index < -0.39 is 15.8 Å². The third-order valence-electron chi connectivity index (χ3n) is 2.09. The van der Waals surface area contributed by atoms with E-state index >= 15 is 0 Å². The summed E-state index contributed by atoms with van der Waals surface area (Å²) in [6.45, 7) is 0.146. The van der Waals surface area contributed by atoms with Gasteiger partial charge in [0.1, 0.15) is 3.92 Å². The number of halogens is 3. The van der Waals surface area contributed by atoms with Crippen molar-refractivity contribution in [2.24, 2.45) is 0 Å². The van der Waals surface area contributed by atoms with Crippen LogP contribution in [-0.4, -0.2) is 29.5 Å². The predicted octanol–water partition coefficient (Wildman–Crippen LogP) is 2.70. The lowest BCUT2D eigenvalue weighted by atomic mass is 10.2.